The number of hydrogen-bond donors (Lipinski definition) is 0. The number of carbonyl (C=O) groups is 1. The Morgan fingerprint density at radius 1 is 1.27 bits per heavy atom. The summed E-state index contributed by atoms with van der Waals surface area (Å²) in [6.45, 7) is 2.42. The molecular weight excluding hydrogens is 418 g/mol. The maximum Gasteiger partial charge on any atom is 0.232 e. The van der Waals surface area contributed by atoms with E-state index in [0.717, 1.165) is 21.3 Å². The van der Waals surface area contributed by atoms with Crippen LogP contribution in [0.15, 0.2) is 51.5 Å². The van der Waals surface area contributed by atoms with Crippen LogP contribution in [0.5, 0.6) is 0 Å². The number of halogens is 2. The summed E-state index contributed by atoms with van der Waals surface area (Å²) in [6, 6.07) is 13.3. The maximum absolute atomic E-state index is 12.6. The van der Waals surface area contributed by atoms with Gasteiger partial charge in [0.05, 0.1) is 16.6 Å². The zero-order valence-electron chi connectivity index (χ0n) is 13.9. The van der Waals surface area contributed by atoms with Crippen LogP contribution >= 0.6 is 27.5 Å². The Balaban J connectivity index is 1.60. The zero-order chi connectivity index (χ0) is 18.3. The number of carbonyl (C=O) groups excluding carboxylic acids is 1. The third-order valence-corrected chi connectivity index (χ3v) is 5.26. The SMILES string of the molecule is Cc1cccc(Cl)c1N1CC(c2nc(-c3cccc(Br)c3)no2)CC1=O. The summed E-state index contributed by atoms with van der Waals surface area (Å²) in [5.74, 6) is 0.849. The van der Waals surface area contributed by atoms with E-state index in [0.29, 0.717) is 29.7 Å². The average molecular weight is 433 g/mol. The minimum atomic E-state index is -0.147. The summed E-state index contributed by atoms with van der Waals surface area (Å²) in [7, 11) is 0. The fraction of sp³-hybridized carbons (Fsp3) is 0.211. The first-order valence-corrected chi connectivity index (χ1v) is 9.35. The molecule has 0 radical (unpaired) electrons. The van der Waals surface area contributed by atoms with Crippen LogP contribution in [0.2, 0.25) is 5.02 Å². The molecule has 1 fully saturated rings. The first kappa shape index (κ1) is 17.2. The summed E-state index contributed by atoms with van der Waals surface area (Å²) < 4.78 is 6.39. The van der Waals surface area contributed by atoms with Crippen molar-refractivity contribution in [3.8, 4) is 11.4 Å². The van der Waals surface area contributed by atoms with Gasteiger partial charge in [-0.25, -0.2) is 0 Å². The van der Waals surface area contributed by atoms with Gasteiger partial charge in [0.15, 0.2) is 0 Å². The fourth-order valence-corrected chi connectivity index (χ4v) is 3.92. The molecule has 3 aromatic rings. The standard InChI is InChI=1S/C19H15BrClN3O2/c1-11-4-2-7-15(21)17(11)24-10-13(9-16(24)25)19-22-18(23-26-19)12-5-3-6-14(20)8-12/h2-8,13H,9-10H2,1H3. The van der Waals surface area contributed by atoms with Gasteiger partial charge in [-0.2, -0.15) is 4.98 Å². The molecule has 7 heteroatoms. The number of aromatic nitrogens is 2. The molecule has 0 aliphatic carbocycles. The van der Waals surface area contributed by atoms with Gasteiger partial charge in [-0.3, -0.25) is 4.79 Å². The van der Waals surface area contributed by atoms with Crippen LogP contribution in [0.4, 0.5) is 5.69 Å². The highest BCUT2D eigenvalue weighted by atomic mass is 79.9. The van der Waals surface area contributed by atoms with Crippen LogP contribution in [-0.4, -0.2) is 22.6 Å². The Hall–Kier alpha value is -2.18. The van der Waals surface area contributed by atoms with E-state index in [1.807, 2.05) is 43.3 Å². The third kappa shape index (κ3) is 3.15. The van der Waals surface area contributed by atoms with Crippen molar-refractivity contribution in [3.63, 3.8) is 0 Å². The van der Waals surface area contributed by atoms with Gasteiger partial charge in [0.2, 0.25) is 17.6 Å². The smallest absolute Gasteiger partial charge is 0.232 e. The second-order valence-electron chi connectivity index (χ2n) is 6.28. The molecule has 0 bridgehead atoms. The molecule has 4 rings (SSSR count). The molecule has 1 aliphatic heterocycles. The van der Waals surface area contributed by atoms with Crippen molar-refractivity contribution >= 4 is 39.1 Å². The summed E-state index contributed by atoms with van der Waals surface area (Å²) in [4.78, 5) is 18.8. The van der Waals surface area contributed by atoms with E-state index in [9.17, 15) is 4.79 Å². The summed E-state index contributed by atoms with van der Waals surface area (Å²) >= 11 is 9.76. The van der Waals surface area contributed by atoms with Gasteiger partial charge in [0.1, 0.15) is 0 Å². The van der Waals surface area contributed by atoms with Crippen molar-refractivity contribution in [2.45, 2.75) is 19.3 Å². The summed E-state index contributed by atoms with van der Waals surface area (Å²) in [6.07, 6.45) is 0.324. The monoisotopic (exact) mass is 431 g/mol. The molecule has 5 nitrogen and oxygen atoms in total. The number of rotatable bonds is 3. The molecule has 0 spiro atoms. The molecule has 0 saturated carbocycles. The number of anilines is 1. The Morgan fingerprint density at radius 3 is 2.85 bits per heavy atom. The lowest BCUT2D eigenvalue weighted by Gasteiger charge is -2.20. The van der Waals surface area contributed by atoms with Gasteiger partial charge < -0.3 is 9.42 Å². The molecule has 1 aliphatic rings. The lowest BCUT2D eigenvalue weighted by atomic mass is 10.1. The molecule has 1 saturated heterocycles. The van der Waals surface area contributed by atoms with E-state index < -0.39 is 0 Å². The van der Waals surface area contributed by atoms with Crippen molar-refractivity contribution in [1.82, 2.24) is 10.1 Å². The highest BCUT2D eigenvalue weighted by Crippen LogP contribution is 2.37. The number of benzene rings is 2. The molecule has 2 heterocycles. The van der Waals surface area contributed by atoms with E-state index >= 15 is 0 Å². The first-order chi connectivity index (χ1) is 12.5. The molecule has 1 atom stereocenters. The Bertz CT molecular complexity index is 968. The quantitative estimate of drug-likeness (QED) is 0.585. The normalized spacial score (nSPS) is 17.1. The predicted molar refractivity (Wildman–Crippen MR) is 103 cm³/mol. The maximum atomic E-state index is 12.6. The Labute approximate surface area is 164 Å². The first-order valence-electron chi connectivity index (χ1n) is 8.18. The molecular formula is C19H15BrClN3O2. The van der Waals surface area contributed by atoms with E-state index in [1.54, 1.807) is 11.0 Å². The highest BCUT2D eigenvalue weighted by Gasteiger charge is 2.36. The molecule has 132 valence electrons. The van der Waals surface area contributed by atoms with Gasteiger partial charge in [0, 0.05) is 23.0 Å². The van der Waals surface area contributed by atoms with Gasteiger partial charge in [-0.1, -0.05) is 57.0 Å². The van der Waals surface area contributed by atoms with Crippen LogP contribution in [0, 0.1) is 6.92 Å². The number of nitrogens with zero attached hydrogens (tertiary/aromatic N) is 3. The zero-order valence-corrected chi connectivity index (χ0v) is 16.3. The van der Waals surface area contributed by atoms with Crippen LogP contribution in [0.1, 0.15) is 23.8 Å². The molecule has 1 aromatic heterocycles. The van der Waals surface area contributed by atoms with Crippen molar-refractivity contribution in [3.05, 3.63) is 63.4 Å². The molecule has 2 aromatic carbocycles. The van der Waals surface area contributed by atoms with Crippen molar-refractivity contribution in [2.75, 3.05) is 11.4 Å². The Morgan fingerprint density at radius 2 is 2.08 bits per heavy atom. The number of aryl methyl sites for hydroxylation is 1. The lowest BCUT2D eigenvalue weighted by molar-refractivity contribution is -0.117. The molecule has 0 N–H and O–H groups in total. The van der Waals surface area contributed by atoms with Gasteiger partial charge in [-0.05, 0) is 30.7 Å². The van der Waals surface area contributed by atoms with Crippen LogP contribution in [-0.2, 0) is 4.79 Å². The van der Waals surface area contributed by atoms with Crippen molar-refractivity contribution < 1.29 is 9.32 Å². The number of hydrogen-bond acceptors (Lipinski definition) is 4. The largest absolute Gasteiger partial charge is 0.339 e. The third-order valence-electron chi connectivity index (χ3n) is 4.46. The Kier molecular flexibility index (Phi) is 4.54. The van der Waals surface area contributed by atoms with Gasteiger partial charge in [0.25, 0.3) is 0 Å². The highest BCUT2D eigenvalue weighted by molar-refractivity contribution is 9.10. The van der Waals surface area contributed by atoms with Gasteiger partial charge in [-0.15, -0.1) is 0 Å². The second kappa shape index (κ2) is 6.85. The molecule has 1 amide bonds. The minimum Gasteiger partial charge on any atom is -0.339 e. The number of para-hydroxylation sites is 1. The summed E-state index contributed by atoms with van der Waals surface area (Å²) in [5, 5.41) is 4.64. The summed E-state index contributed by atoms with van der Waals surface area (Å²) in [5.41, 5.74) is 2.58. The minimum absolute atomic E-state index is 0.00778. The van der Waals surface area contributed by atoms with Crippen LogP contribution in [0.25, 0.3) is 11.4 Å². The average Bonchev–Trinajstić information content (AvgIpc) is 3.22. The predicted octanol–water partition coefficient (Wildman–Crippen LogP) is 4.98. The molecule has 26 heavy (non-hydrogen) atoms. The van der Waals surface area contributed by atoms with Crippen molar-refractivity contribution in [1.29, 1.82) is 0 Å². The second-order valence-corrected chi connectivity index (χ2v) is 7.60. The van der Waals surface area contributed by atoms with E-state index in [4.69, 9.17) is 16.1 Å². The van der Waals surface area contributed by atoms with E-state index in [2.05, 4.69) is 26.1 Å². The lowest BCUT2D eigenvalue weighted by Crippen LogP contribution is -2.25. The van der Waals surface area contributed by atoms with E-state index in [1.165, 1.54) is 0 Å². The van der Waals surface area contributed by atoms with Crippen LogP contribution in [0.3, 0.4) is 0 Å². The van der Waals surface area contributed by atoms with Crippen LogP contribution < -0.4 is 4.90 Å². The van der Waals surface area contributed by atoms with Crippen molar-refractivity contribution in [2.24, 2.45) is 0 Å². The van der Waals surface area contributed by atoms with E-state index in [-0.39, 0.29) is 11.8 Å². The number of amides is 1. The fourth-order valence-electron chi connectivity index (χ4n) is 3.20. The topological polar surface area (TPSA) is 59.2 Å². The molecule has 1 unspecified atom stereocenters. The van der Waals surface area contributed by atoms with Gasteiger partial charge >= 0.3 is 0 Å².